The monoisotopic (exact) mass is 801 g/mol. The van der Waals surface area contributed by atoms with Crippen LogP contribution in [0.5, 0.6) is 0 Å². The number of H-pyrrole nitrogens is 1. The molecule has 0 aliphatic rings. The number of aromatic nitrogens is 3. The minimum atomic E-state index is 1.12. The van der Waals surface area contributed by atoms with E-state index in [-0.39, 0.29) is 0 Å². The summed E-state index contributed by atoms with van der Waals surface area (Å²) in [7, 11) is 0. The Bertz CT molecular complexity index is 3900. The summed E-state index contributed by atoms with van der Waals surface area (Å²) in [5.41, 5.74) is 19.0. The Morgan fingerprint density at radius 3 is 1.40 bits per heavy atom. The third-order valence-corrected chi connectivity index (χ3v) is 13.0. The topological polar surface area (TPSA) is 25.6 Å². The van der Waals surface area contributed by atoms with Gasteiger partial charge in [-0.05, 0) is 111 Å². The summed E-state index contributed by atoms with van der Waals surface area (Å²) in [6, 6.07) is 84.1. The Kier molecular flexibility index (Phi) is 7.91. The standard InChI is InChI=1S/C60H39N3/c1-3-16-39(17-4-1)41-20-11-22-43(36-41)44-34-35-50-49(38-44)59-51(61-50)27-14-31-55(59)63-53-29-10-8-25-48(53)60-56(32-15-33-57(60)63)62-52-28-9-7-24-47(52)58-46(26-13-30-54(58)62)45-23-12-21-42(37-45)40-18-5-2-6-19-40/h1-38,61H. The number of aromatic amines is 1. The van der Waals surface area contributed by atoms with E-state index >= 15 is 0 Å². The SMILES string of the molecule is c1ccc(-c2cccc(-c3ccc4[nH]c5cccc(-n6c7ccccc7c7c(-n8c9ccccc9c9c(-c%10cccc(-c%11ccccc%11)c%10)cccc98)cccc76)c5c4c3)c2)cc1. The minimum absolute atomic E-state index is 1.12. The van der Waals surface area contributed by atoms with Crippen molar-refractivity contribution in [3.05, 3.63) is 231 Å². The van der Waals surface area contributed by atoms with Gasteiger partial charge < -0.3 is 14.1 Å². The summed E-state index contributed by atoms with van der Waals surface area (Å²) in [5.74, 6) is 0. The maximum Gasteiger partial charge on any atom is 0.0562 e. The van der Waals surface area contributed by atoms with E-state index in [9.17, 15) is 0 Å². The third kappa shape index (κ3) is 5.53. The molecule has 294 valence electrons. The normalized spacial score (nSPS) is 11.8. The van der Waals surface area contributed by atoms with Gasteiger partial charge in [-0.2, -0.15) is 0 Å². The molecule has 63 heavy (non-hydrogen) atoms. The zero-order chi connectivity index (χ0) is 41.4. The van der Waals surface area contributed by atoms with Gasteiger partial charge in [-0.1, -0.05) is 164 Å². The van der Waals surface area contributed by atoms with Crippen LogP contribution in [0.4, 0.5) is 0 Å². The first-order valence-electron chi connectivity index (χ1n) is 21.7. The second-order valence-electron chi connectivity index (χ2n) is 16.6. The number of hydrogen-bond acceptors (Lipinski definition) is 0. The number of hydrogen-bond donors (Lipinski definition) is 1. The minimum Gasteiger partial charge on any atom is -0.354 e. The number of fused-ring (bicyclic) bond motifs is 9. The maximum atomic E-state index is 3.78. The van der Waals surface area contributed by atoms with Crippen LogP contribution in [0.2, 0.25) is 0 Å². The highest BCUT2D eigenvalue weighted by Crippen LogP contribution is 2.44. The molecule has 0 aliphatic heterocycles. The number of para-hydroxylation sites is 2. The quantitative estimate of drug-likeness (QED) is 0.173. The fourth-order valence-corrected chi connectivity index (χ4v) is 10.3. The van der Waals surface area contributed by atoms with E-state index in [2.05, 4.69) is 245 Å². The predicted molar refractivity (Wildman–Crippen MR) is 266 cm³/mol. The molecule has 0 saturated carbocycles. The number of rotatable bonds is 6. The second kappa shape index (κ2) is 14.1. The molecule has 3 heteroatoms. The summed E-state index contributed by atoms with van der Waals surface area (Å²) in [6.45, 7) is 0. The lowest BCUT2D eigenvalue weighted by Gasteiger charge is -2.13. The Morgan fingerprint density at radius 1 is 0.254 bits per heavy atom. The van der Waals surface area contributed by atoms with Crippen molar-refractivity contribution < 1.29 is 0 Å². The van der Waals surface area contributed by atoms with Crippen LogP contribution in [-0.2, 0) is 0 Å². The average Bonchev–Trinajstić information content (AvgIpc) is 4.02. The van der Waals surface area contributed by atoms with Gasteiger partial charge in [0.25, 0.3) is 0 Å². The van der Waals surface area contributed by atoms with Crippen LogP contribution in [0.25, 0.3) is 121 Å². The van der Waals surface area contributed by atoms with Crippen molar-refractivity contribution in [1.29, 1.82) is 0 Å². The first kappa shape index (κ1) is 35.4. The first-order valence-corrected chi connectivity index (χ1v) is 21.7. The smallest absolute Gasteiger partial charge is 0.0562 e. The molecule has 0 fully saturated rings. The third-order valence-electron chi connectivity index (χ3n) is 13.0. The first-order chi connectivity index (χ1) is 31.3. The van der Waals surface area contributed by atoms with Crippen molar-refractivity contribution in [1.82, 2.24) is 14.1 Å². The van der Waals surface area contributed by atoms with Crippen molar-refractivity contribution in [3.8, 4) is 55.9 Å². The molecule has 13 aromatic rings. The van der Waals surface area contributed by atoms with Crippen LogP contribution in [-0.4, -0.2) is 14.1 Å². The van der Waals surface area contributed by atoms with Crippen molar-refractivity contribution in [2.45, 2.75) is 0 Å². The number of nitrogens with one attached hydrogen (secondary N) is 1. The maximum absolute atomic E-state index is 3.78. The van der Waals surface area contributed by atoms with Crippen LogP contribution < -0.4 is 0 Å². The van der Waals surface area contributed by atoms with Crippen LogP contribution in [0.3, 0.4) is 0 Å². The Balaban J connectivity index is 1.03. The zero-order valence-electron chi connectivity index (χ0n) is 34.3. The van der Waals surface area contributed by atoms with Crippen molar-refractivity contribution in [3.63, 3.8) is 0 Å². The molecule has 0 saturated heterocycles. The fourth-order valence-electron chi connectivity index (χ4n) is 10.3. The molecule has 0 unspecified atom stereocenters. The van der Waals surface area contributed by atoms with E-state index in [4.69, 9.17) is 0 Å². The van der Waals surface area contributed by atoms with Gasteiger partial charge in [0, 0.05) is 43.4 Å². The van der Waals surface area contributed by atoms with Gasteiger partial charge in [0.15, 0.2) is 0 Å². The Morgan fingerprint density at radius 2 is 0.714 bits per heavy atom. The lowest BCUT2D eigenvalue weighted by atomic mass is 9.96. The molecule has 0 atom stereocenters. The van der Waals surface area contributed by atoms with Crippen LogP contribution in [0, 0.1) is 0 Å². The van der Waals surface area contributed by atoms with Gasteiger partial charge in [-0.25, -0.2) is 0 Å². The van der Waals surface area contributed by atoms with E-state index in [0.29, 0.717) is 0 Å². The van der Waals surface area contributed by atoms with Crippen molar-refractivity contribution in [2.24, 2.45) is 0 Å². The van der Waals surface area contributed by atoms with E-state index in [1.54, 1.807) is 0 Å². The highest BCUT2D eigenvalue weighted by molar-refractivity contribution is 6.20. The molecule has 0 spiro atoms. The molecule has 0 bridgehead atoms. The lowest BCUT2D eigenvalue weighted by molar-refractivity contribution is 1.18. The lowest BCUT2D eigenvalue weighted by Crippen LogP contribution is -1.97. The molecule has 13 rings (SSSR count). The highest BCUT2D eigenvalue weighted by Gasteiger charge is 2.22. The number of benzene rings is 10. The van der Waals surface area contributed by atoms with Crippen molar-refractivity contribution >= 4 is 65.4 Å². The molecular weight excluding hydrogens is 763 g/mol. The van der Waals surface area contributed by atoms with Crippen molar-refractivity contribution in [2.75, 3.05) is 0 Å². The molecule has 0 amide bonds. The molecule has 3 heterocycles. The van der Waals surface area contributed by atoms with Crippen LogP contribution in [0.1, 0.15) is 0 Å². The fraction of sp³-hybridized carbons (Fsp3) is 0. The zero-order valence-corrected chi connectivity index (χ0v) is 34.3. The molecule has 0 radical (unpaired) electrons. The van der Waals surface area contributed by atoms with Gasteiger partial charge in [-0.3, -0.25) is 0 Å². The summed E-state index contributed by atoms with van der Waals surface area (Å²) in [5, 5.41) is 7.35. The average molecular weight is 802 g/mol. The number of nitrogens with zero attached hydrogens (tertiary/aromatic N) is 2. The summed E-state index contributed by atoms with van der Waals surface area (Å²) in [4.78, 5) is 3.78. The van der Waals surface area contributed by atoms with Gasteiger partial charge in [0.1, 0.15) is 0 Å². The molecular formula is C60H39N3. The Hall–Kier alpha value is -8.40. The highest BCUT2D eigenvalue weighted by atomic mass is 15.0. The molecule has 10 aromatic carbocycles. The predicted octanol–water partition coefficient (Wildman–Crippen LogP) is 16.2. The summed E-state index contributed by atoms with van der Waals surface area (Å²) >= 11 is 0. The van der Waals surface area contributed by atoms with Gasteiger partial charge in [-0.15, -0.1) is 0 Å². The van der Waals surface area contributed by atoms with E-state index < -0.39 is 0 Å². The van der Waals surface area contributed by atoms with E-state index in [1.807, 2.05) is 0 Å². The molecule has 3 nitrogen and oxygen atoms in total. The Labute approximate surface area is 364 Å². The molecule has 1 N–H and O–H groups in total. The summed E-state index contributed by atoms with van der Waals surface area (Å²) < 4.78 is 4.98. The van der Waals surface area contributed by atoms with E-state index in [1.165, 1.54) is 98.9 Å². The molecule has 3 aromatic heterocycles. The van der Waals surface area contributed by atoms with Gasteiger partial charge in [0.05, 0.1) is 33.4 Å². The van der Waals surface area contributed by atoms with Crippen LogP contribution >= 0.6 is 0 Å². The van der Waals surface area contributed by atoms with Gasteiger partial charge >= 0.3 is 0 Å². The largest absolute Gasteiger partial charge is 0.354 e. The van der Waals surface area contributed by atoms with E-state index in [0.717, 1.165) is 22.4 Å². The van der Waals surface area contributed by atoms with Crippen LogP contribution in [0.15, 0.2) is 231 Å². The molecule has 0 aliphatic carbocycles. The van der Waals surface area contributed by atoms with Gasteiger partial charge in [0.2, 0.25) is 0 Å². The summed E-state index contributed by atoms with van der Waals surface area (Å²) in [6.07, 6.45) is 0. The second-order valence-corrected chi connectivity index (χ2v) is 16.6.